The second-order valence-electron chi connectivity index (χ2n) is 7.69. The smallest absolute Gasteiger partial charge is 0.334 e. The molecule has 1 aromatic rings. The van der Waals surface area contributed by atoms with Crippen molar-refractivity contribution >= 4 is 11.7 Å². The highest BCUT2D eigenvalue weighted by molar-refractivity contribution is 6.42. The number of nitrogens with zero attached hydrogens (tertiary/aromatic N) is 2. The predicted octanol–water partition coefficient (Wildman–Crippen LogP) is 3.26. The number of hydrogen-bond donors (Lipinski definition) is 0. The van der Waals surface area contributed by atoms with Crippen molar-refractivity contribution in [2.75, 3.05) is 32.7 Å². The average Bonchev–Trinajstić information content (AvgIpc) is 2.76. The summed E-state index contributed by atoms with van der Waals surface area (Å²) < 4.78 is 37.6. The van der Waals surface area contributed by atoms with E-state index in [9.17, 15) is 22.8 Å². The molecule has 1 heterocycles. The number of carbonyl (C=O) groups is 2. The van der Waals surface area contributed by atoms with Crippen molar-refractivity contribution in [1.82, 2.24) is 9.80 Å². The van der Waals surface area contributed by atoms with Crippen LogP contribution in [0.1, 0.15) is 43.1 Å². The molecule has 1 amide bonds. The highest BCUT2D eigenvalue weighted by Crippen LogP contribution is 2.22. The maximum atomic E-state index is 12.5. The Labute approximate surface area is 152 Å². The lowest BCUT2D eigenvalue weighted by molar-refractivity contribution is -0.145. The maximum absolute atomic E-state index is 12.5. The zero-order valence-corrected chi connectivity index (χ0v) is 15.4. The summed E-state index contributed by atoms with van der Waals surface area (Å²) in [4.78, 5) is 27.5. The Hall–Kier alpha value is -1.89. The van der Waals surface area contributed by atoms with E-state index in [1.807, 2.05) is 12.1 Å². The van der Waals surface area contributed by atoms with Crippen molar-refractivity contribution < 1.29 is 22.8 Å². The summed E-state index contributed by atoms with van der Waals surface area (Å²) in [6.45, 7) is 5.97. The van der Waals surface area contributed by atoms with Crippen LogP contribution in [-0.2, 0) is 10.2 Å². The minimum atomic E-state index is -4.26. The molecule has 0 saturated carbocycles. The van der Waals surface area contributed by atoms with Gasteiger partial charge in [-0.1, -0.05) is 45.0 Å². The Morgan fingerprint density at radius 3 is 2.12 bits per heavy atom. The SMILES string of the molecule is CC(C)(C)c1ccc(C(=O)C(=O)N2CCCN(CC(F)(F)F)CC2)cc1. The quantitative estimate of drug-likeness (QED) is 0.606. The lowest BCUT2D eigenvalue weighted by Crippen LogP contribution is -2.40. The zero-order chi connectivity index (χ0) is 19.5. The van der Waals surface area contributed by atoms with Gasteiger partial charge in [0, 0.05) is 31.7 Å². The number of benzene rings is 1. The molecular weight excluding hydrogens is 345 g/mol. The van der Waals surface area contributed by atoms with Gasteiger partial charge < -0.3 is 4.90 Å². The maximum Gasteiger partial charge on any atom is 0.401 e. The van der Waals surface area contributed by atoms with E-state index >= 15 is 0 Å². The highest BCUT2D eigenvalue weighted by Gasteiger charge is 2.32. The van der Waals surface area contributed by atoms with Crippen LogP contribution in [0.2, 0.25) is 0 Å². The molecule has 1 fully saturated rings. The van der Waals surface area contributed by atoms with Crippen LogP contribution in [0.15, 0.2) is 24.3 Å². The van der Waals surface area contributed by atoms with Crippen LogP contribution in [0.3, 0.4) is 0 Å². The van der Waals surface area contributed by atoms with Gasteiger partial charge in [-0.3, -0.25) is 14.5 Å². The minimum Gasteiger partial charge on any atom is -0.334 e. The Bertz CT molecular complexity index is 648. The van der Waals surface area contributed by atoms with Crippen molar-refractivity contribution in [1.29, 1.82) is 0 Å². The average molecular weight is 370 g/mol. The fourth-order valence-electron chi connectivity index (χ4n) is 2.97. The molecule has 7 heteroatoms. The molecular formula is C19H25F3N2O2. The number of carbonyl (C=O) groups excluding carboxylic acids is 2. The molecule has 0 aromatic heterocycles. The van der Waals surface area contributed by atoms with Crippen molar-refractivity contribution in [3.8, 4) is 0 Å². The number of hydrogen-bond acceptors (Lipinski definition) is 3. The van der Waals surface area contributed by atoms with Crippen molar-refractivity contribution in [3.05, 3.63) is 35.4 Å². The van der Waals surface area contributed by atoms with Crippen molar-refractivity contribution in [2.24, 2.45) is 0 Å². The molecule has 0 radical (unpaired) electrons. The Morgan fingerprint density at radius 1 is 0.962 bits per heavy atom. The Balaban J connectivity index is 2.01. The first-order chi connectivity index (χ1) is 12.0. The molecule has 0 atom stereocenters. The molecule has 0 N–H and O–H groups in total. The van der Waals surface area contributed by atoms with E-state index in [0.717, 1.165) is 5.56 Å². The van der Waals surface area contributed by atoms with E-state index in [1.165, 1.54) is 9.80 Å². The molecule has 1 aliphatic rings. The van der Waals surface area contributed by atoms with Gasteiger partial charge >= 0.3 is 6.18 Å². The lowest BCUT2D eigenvalue weighted by Gasteiger charge is -2.22. The molecule has 0 spiro atoms. The van der Waals surface area contributed by atoms with E-state index in [4.69, 9.17) is 0 Å². The van der Waals surface area contributed by atoms with Gasteiger partial charge in [0.05, 0.1) is 6.54 Å². The third-order valence-corrected chi connectivity index (χ3v) is 4.49. The third-order valence-electron chi connectivity index (χ3n) is 4.49. The molecule has 0 aliphatic carbocycles. The second-order valence-corrected chi connectivity index (χ2v) is 7.69. The van der Waals surface area contributed by atoms with Gasteiger partial charge in [0.15, 0.2) is 0 Å². The van der Waals surface area contributed by atoms with Gasteiger partial charge in [0.2, 0.25) is 5.78 Å². The second kappa shape index (κ2) is 7.78. The molecule has 144 valence electrons. The molecule has 1 saturated heterocycles. The van der Waals surface area contributed by atoms with Crippen molar-refractivity contribution in [2.45, 2.75) is 38.8 Å². The van der Waals surface area contributed by atoms with Gasteiger partial charge in [-0.15, -0.1) is 0 Å². The first-order valence-corrected chi connectivity index (χ1v) is 8.70. The normalized spacial score (nSPS) is 17.1. The van der Waals surface area contributed by atoms with Crippen LogP contribution in [0.4, 0.5) is 13.2 Å². The van der Waals surface area contributed by atoms with Gasteiger partial charge in [-0.2, -0.15) is 13.2 Å². The Kier molecular flexibility index (Phi) is 6.11. The summed E-state index contributed by atoms with van der Waals surface area (Å²) >= 11 is 0. The summed E-state index contributed by atoms with van der Waals surface area (Å²) in [5.74, 6) is -1.27. The van der Waals surface area contributed by atoms with Crippen molar-refractivity contribution in [3.63, 3.8) is 0 Å². The highest BCUT2D eigenvalue weighted by atomic mass is 19.4. The monoisotopic (exact) mass is 370 g/mol. The molecule has 1 aromatic carbocycles. The molecule has 1 aliphatic heterocycles. The van der Waals surface area contributed by atoms with Gasteiger partial charge in [0.25, 0.3) is 5.91 Å². The van der Waals surface area contributed by atoms with Crippen LogP contribution < -0.4 is 0 Å². The van der Waals surface area contributed by atoms with Gasteiger partial charge in [0.1, 0.15) is 0 Å². The van der Waals surface area contributed by atoms with E-state index in [1.54, 1.807) is 12.1 Å². The van der Waals surface area contributed by atoms with Crippen LogP contribution in [0.25, 0.3) is 0 Å². The molecule has 4 nitrogen and oxygen atoms in total. The summed E-state index contributed by atoms with van der Waals surface area (Å²) in [6, 6.07) is 6.92. The summed E-state index contributed by atoms with van der Waals surface area (Å²) in [5, 5.41) is 0. The number of alkyl halides is 3. The first-order valence-electron chi connectivity index (χ1n) is 8.70. The first kappa shape index (κ1) is 20.4. The van der Waals surface area contributed by atoms with Crippen LogP contribution >= 0.6 is 0 Å². The summed E-state index contributed by atoms with van der Waals surface area (Å²) in [5.41, 5.74) is 1.30. The fourth-order valence-corrected chi connectivity index (χ4v) is 2.97. The van der Waals surface area contributed by atoms with E-state index in [0.29, 0.717) is 18.5 Å². The largest absolute Gasteiger partial charge is 0.401 e. The zero-order valence-electron chi connectivity index (χ0n) is 15.4. The van der Waals surface area contributed by atoms with Gasteiger partial charge in [-0.05, 0) is 17.4 Å². The fraction of sp³-hybridized carbons (Fsp3) is 0.579. The third kappa shape index (κ3) is 5.56. The lowest BCUT2D eigenvalue weighted by atomic mass is 9.86. The number of amides is 1. The predicted molar refractivity (Wildman–Crippen MR) is 93.2 cm³/mol. The standard InChI is InChI=1S/C19H25F3N2O2/c1-18(2,3)15-7-5-14(6-8-15)16(25)17(26)24-10-4-9-23(11-12-24)13-19(20,21)22/h5-8H,4,9-13H2,1-3H3. The summed E-state index contributed by atoms with van der Waals surface area (Å²) in [7, 11) is 0. The molecule has 0 bridgehead atoms. The van der Waals surface area contributed by atoms with Gasteiger partial charge in [-0.25, -0.2) is 0 Å². The minimum absolute atomic E-state index is 0.0572. The number of halogens is 3. The number of ketones is 1. The van der Waals surface area contributed by atoms with E-state index < -0.39 is 24.4 Å². The molecule has 26 heavy (non-hydrogen) atoms. The number of rotatable bonds is 3. The van der Waals surface area contributed by atoms with Crippen LogP contribution in [-0.4, -0.2) is 60.4 Å². The van der Waals surface area contributed by atoms with Crippen LogP contribution in [0.5, 0.6) is 0 Å². The summed E-state index contributed by atoms with van der Waals surface area (Å²) in [6.07, 6.45) is -3.85. The van der Waals surface area contributed by atoms with Crippen LogP contribution in [0, 0.1) is 0 Å². The van der Waals surface area contributed by atoms with E-state index in [-0.39, 0.29) is 25.0 Å². The molecule has 0 unspecified atom stereocenters. The number of Topliss-reactive ketones (excluding diaryl/α,β-unsaturated/α-hetero) is 1. The van der Waals surface area contributed by atoms with E-state index in [2.05, 4.69) is 20.8 Å². The topological polar surface area (TPSA) is 40.6 Å². The Morgan fingerprint density at radius 2 is 1.58 bits per heavy atom. The molecule has 2 rings (SSSR count).